The maximum Gasteiger partial charge on any atom is 0.185 e. The molecule has 0 radical (unpaired) electrons. The minimum absolute atomic E-state index is 0.440. The Hall–Kier alpha value is -0.650. The zero-order valence-corrected chi connectivity index (χ0v) is 11.0. The maximum atomic E-state index is 5.84. The molecular weight excluding hydrogens is 234 g/mol. The number of hydrogen-bond acceptors (Lipinski definition) is 5. The lowest BCUT2D eigenvalue weighted by atomic mass is 10.2. The fraction of sp³-hybridized carbons (Fsp3) is 0.750. The predicted octanol–water partition coefficient (Wildman–Crippen LogP) is 1.62. The van der Waals surface area contributed by atoms with E-state index in [4.69, 9.17) is 4.74 Å². The van der Waals surface area contributed by atoms with Crippen molar-refractivity contribution < 1.29 is 4.74 Å². The lowest BCUT2D eigenvalue weighted by Crippen LogP contribution is -2.42. The van der Waals surface area contributed by atoms with E-state index in [9.17, 15) is 0 Å². The van der Waals surface area contributed by atoms with E-state index in [-0.39, 0.29) is 0 Å². The van der Waals surface area contributed by atoms with Gasteiger partial charge in [0.2, 0.25) is 0 Å². The predicted molar refractivity (Wildman–Crippen MR) is 69.6 cm³/mol. The van der Waals surface area contributed by atoms with Gasteiger partial charge in [-0.25, -0.2) is 4.98 Å². The molecule has 3 rings (SSSR count). The first-order chi connectivity index (χ1) is 8.35. The van der Waals surface area contributed by atoms with Crippen molar-refractivity contribution in [3.8, 4) is 0 Å². The summed E-state index contributed by atoms with van der Waals surface area (Å²) in [6.45, 7) is 6.11. The fourth-order valence-electron chi connectivity index (χ4n) is 2.54. The van der Waals surface area contributed by atoms with Crippen molar-refractivity contribution in [2.24, 2.45) is 0 Å². The van der Waals surface area contributed by atoms with Gasteiger partial charge in [-0.2, -0.15) is 0 Å². The molecule has 2 atom stereocenters. The monoisotopic (exact) mass is 253 g/mol. The van der Waals surface area contributed by atoms with E-state index in [2.05, 4.69) is 22.1 Å². The van der Waals surface area contributed by atoms with Gasteiger partial charge in [0.1, 0.15) is 0 Å². The van der Waals surface area contributed by atoms with Crippen molar-refractivity contribution in [2.75, 3.05) is 24.5 Å². The van der Waals surface area contributed by atoms with E-state index >= 15 is 0 Å². The second-order valence-electron chi connectivity index (χ2n) is 4.75. The normalized spacial score (nSPS) is 27.7. The van der Waals surface area contributed by atoms with Crippen LogP contribution in [0, 0.1) is 0 Å². The minimum atomic E-state index is 0.440. The lowest BCUT2D eigenvalue weighted by molar-refractivity contribution is 0.0305. The molecule has 2 unspecified atom stereocenters. The molecule has 94 valence electrons. The second kappa shape index (κ2) is 4.92. The molecule has 1 aromatic rings. The van der Waals surface area contributed by atoms with E-state index in [1.165, 1.54) is 17.7 Å². The van der Waals surface area contributed by atoms with Crippen molar-refractivity contribution in [2.45, 2.75) is 38.5 Å². The van der Waals surface area contributed by atoms with Crippen LogP contribution in [0.3, 0.4) is 0 Å². The van der Waals surface area contributed by atoms with E-state index in [0.717, 1.165) is 31.3 Å². The van der Waals surface area contributed by atoms with Crippen molar-refractivity contribution in [1.29, 1.82) is 0 Å². The van der Waals surface area contributed by atoms with Crippen LogP contribution in [0.2, 0.25) is 0 Å². The number of nitrogens with one attached hydrogen (secondary N) is 1. The molecule has 2 aliphatic heterocycles. The van der Waals surface area contributed by atoms with E-state index < -0.39 is 0 Å². The Kier molecular flexibility index (Phi) is 3.31. The molecule has 17 heavy (non-hydrogen) atoms. The molecule has 0 amide bonds. The highest BCUT2D eigenvalue weighted by Crippen LogP contribution is 2.31. The molecule has 0 spiro atoms. The molecule has 1 aromatic heterocycles. The molecule has 0 saturated carbocycles. The van der Waals surface area contributed by atoms with Gasteiger partial charge in [-0.3, -0.25) is 0 Å². The van der Waals surface area contributed by atoms with Gasteiger partial charge in [-0.15, -0.1) is 11.3 Å². The number of anilines is 1. The topological polar surface area (TPSA) is 37.4 Å². The van der Waals surface area contributed by atoms with Crippen LogP contribution >= 0.6 is 11.3 Å². The van der Waals surface area contributed by atoms with Gasteiger partial charge in [0.05, 0.1) is 12.2 Å². The summed E-state index contributed by atoms with van der Waals surface area (Å²) in [5, 5.41) is 4.50. The van der Waals surface area contributed by atoms with E-state index in [1.54, 1.807) is 0 Å². The van der Waals surface area contributed by atoms with Gasteiger partial charge >= 0.3 is 0 Å². The standard InChI is InChI=1S/C12H19N3OS/c1-2-13-5-11-6-14-12(17-11)15-7-9-3-4-10(8-15)16-9/h6,9-10,13H,2-5,7-8H2,1H3. The average Bonchev–Trinajstić information content (AvgIpc) is 2.94. The highest BCUT2D eigenvalue weighted by molar-refractivity contribution is 7.15. The summed E-state index contributed by atoms with van der Waals surface area (Å²) in [7, 11) is 0. The Morgan fingerprint density at radius 2 is 2.24 bits per heavy atom. The van der Waals surface area contributed by atoms with Gasteiger partial charge in [0.15, 0.2) is 5.13 Å². The number of hydrogen-bond donors (Lipinski definition) is 1. The van der Waals surface area contributed by atoms with Crippen LogP contribution in [-0.4, -0.2) is 36.8 Å². The molecule has 2 bridgehead atoms. The van der Waals surface area contributed by atoms with Gasteiger partial charge < -0.3 is 15.0 Å². The maximum absolute atomic E-state index is 5.84. The lowest BCUT2D eigenvalue weighted by Gasteiger charge is -2.31. The zero-order chi connectivity index (χ0) is 11.7. The number of nitrogens with zero attached hydrogens (tertiary/aromatic N) is 2. The zero-order valence-electron chi connectivity index (χ0n) is 10.2. The van der Waals surface area contributed by atoms with Crippen molar-refractivity contribution >= 4 is 16.5 Å². The number of morpholine rings is 1. The van der Waals surface area contributed by atoms with E-state index in [1.807, 2.05) is 17.5 Å². The van der Waals surface area contributed by atoms with Crippen LogP contribution in [-0.2, 0) is 11.3 Å². The molecule has 2 aliphatic rings. The Labute approximate surface area is 106 Å². The largest absolute Gasteiger partial charge is 0.371 e. The van der Waals surface area contributed by atoms with Crippen LogP contribution in [0.4, 0.5) is 5.13 Å². The summed E-state index contributed by atoms with van der Waals surface area (Å²) in [6.07, 6.45) is 5.32. The number of fused-ring (bicyclic) bond motifs is 2. The molecule has 5 heteroatoms. The van der Waals surface area contributed by atoms with E-state index in [0.29, 0.717) is 12.2 Å². The third-order valence-corrected chi connectivity index (χ3v) is 4.46. The van der Waals surface area contributed by atoms with Crippen LogP contribution in [0.5, 0.6) is 0 Å². The smallest absolute Gasteiger partial charge is 0.185 e. The quantitative estimate of drug-likeness (QED) is 0.885. The van der Waals surface area contributed by atoms with Crippen LogP contribution in [0.15, 0.2) is 6.20 Å². The van der Waals surface area contributed by atoms with Gasteiger partial charge in [0, 0.05) is 30.7 Å². The summed E-state index contributed by atoms with van der Waals surface area (Å²) in [5.41, 5.74) is 0. The third kappa shape index (κ3) is 2.46. The highest BCUT2D eigenvalue weighted by Gasteiger charge is 2.34. The van der Waals surface area contributed by atoms with Gasteiger partial charge in [-0.1, -0.05) is 6.92 Å². The van der Waals surface area contributed by atoms with Crippen molar-refractivity contribution in [3.05, 3.63) is 11.1 Å². The summed E-state index contributed by atoms with van der Waals surface area (Å²) in [6, 6.07) is 0. The third-order valence-electron chi connectivity index (χ3n) is 3.40. The molecule has 3 heterocycles. The number of ether oxygens (including phenoxy) is 1. The SMILES string of the molecule is CCNCc1cnc(N2CC3CCC(C2)O3)s1. The Morgan fingerprint density at radius 3 is 2.94 bits per heavy atom. The summed E-state index contributed by atoms with van der Waals surface area (Å²) in [5.74, 6) is 0. The Morgan fingerprint density at radius 1 is 1.47 bits per heavy atom. The molecule has 4 nitrogen and oxygen atoms in total. The summed E-state index contributed by atoms with van der Waals surface area (Å²) >= 11 is 1.81. The number of rotatable bonds is 4. The number of aromatic nitrogens is 1. The first kappa shape index (κ1) is 11.4. The average molecular weight is 253 g/mol. The molecule has 2 saturated heterocycles. The second-order valence-corrected chi connectivity index (χ2v) is 5.85. The first-order valence-corrected chi connectivity index (χ1v) is 7.22. The highest BCUT2D eigenvalue weighted by atomic mass is 32.1. The van der Waals surface area contributed by atoms with Gasteiger partial charge in [0.25, 0.3) is 0 Å². The van der Waals surface area contributed by atoms with Crippen molar-refractivity contribution in [3.63, 3.8) is 0 Å². The van der Waals surface area contributed by atoms with Crippen molar-refractivity contribution in [1.82, 2.24) is 10.3 Å². The number of thiazole rings is 1. The first-order valence-electron chi connectivity index (χ1n) is 6.41. The molecule has 2 fully saturated rings. The molecular formula is C12H19N3OS. The molecule has 1 N–H and O–H groups in total. The Balaban J connectivity index is 1.65. The van der Waals surface area contributed by atoms with Crippen LogP contribution < -0.4 is 10.2 Å². The van der Waals surface area contributed by atoms with Gasteiger partial charge in [-0.05, 0) is 19.4 Å². The minimum Gasteiger partial charge on any atom is -0.371 e. The molecule has 0 aliphatic carbocycles. The fourth-order valence-corrected chi connectivity index (χ4v) is 3.44. The summed E-state index contributed by atoms with van der Waals surface area (Å²) < 4.78 is 5.84. The Bertz CT molecular complexity index is 370. The summed E-state index contributed by atoms with van der Waals surface area (Å²) in [4.78, 5) is 8.25. The van der Waals surface area contributed by atoms with Crippen LogP contribution in [0.25, 0.3) is 0 Å². The molecule has 0 aromatic carbocycles. The van der Waals surface area contributed by atoms with Crippen LogP contribution in [0.1, 0.15) is 24.6 Å².